The third-order valence-electron chi connectivity index (χ3n) is 5.62. The molecule has 2 fully saturated rings. The summed E-state index contributed by atoms with van der Waals surface area (Å²) in [7, 11) is 1.87. The summed E-state index contributed by atoms with van der Waals surface area (Å²) >= 11 is -1.82. The Balaban J connectivity index is -0.00000113. The van der Waals surface area contributed by atoms with Crippen LogP contribution in [0.5, 0.6) is 0 Å². The topological polar surface area (TPSA) is 190 Å². The molecule has 1 aromatic heterocycles. The summed E-state index contributed by atoms with van der Waals surface area (Å²) in [4.78, 5) is 10.7. The highest BCUT2D eigenvalue weighted by Crippen LogP contribution is 2.44. The lowest BCUT2D eigenvalue weighted by Gasteiger charge is -2.20. The smallest absolute Gasteiger partial charge is 0.243 e. The van der Waals surface area contributed by atoms with Gasteiger partial charge in [-0.1, -0.05) is 30.1 Å². The van der Waals surface area contributed by atoms with E-state index in [2.05, 4.69) is 20.2 Å². The fourth-order valence-corrected chi connectivity index (χ4v) is 3.66. The van der Waals surface area contributed by atoms with Crippen molar-refractivity contribution in [2.75, 3.05) is 36.5 Å². The lowest BCUT2D eigenvalue weighted by molar-refractivity contribution is 0.535. The van der Waals surface area contributed by atoms with Gasteiger partial charge in [0.2, 0.25) is 11.8 Å². The third-order valence-corrected chi connectivity index (χ3v) is 6.10. The fourth-order valence-electron chi connectivity index (χ4n) is 3.66. The molecule has 7 N–H and O–H groups in total. The van der Waals surface area contributed by atoms with E-state index in [-0.39, 0.29) is 36.2 Å². The van der Waals surface area contributed by atoms with Crippen LogP contribution in [0.4, 0.5) is 11.6 Å². The average molecular weight is 484 g/mol. The Bertz CT molecular complexity index is 1040. The number of piperidine rings is 1. The number of ether oxygens (including phenoxy) is 1. The summed E-state index contributed by atoms with van der Waals surface area (Å²) in [5.41, 5.74) is 13.7. The van der Waals surface area contributed by atoms with Gasteiger partial charge in [-0.25, -0.2) is 9.97 Å². The maximum Gasteiger partial charge on any atom is 0.243 e. The van der Waals surface area contributed by atoms with Crippen molar-refractivity contribution < 1.29 is 20.6 Å². The molecule has 1 aliphatic carbocycles. The Morgan fingerprint density at radius 1 is 1.30 bits per heavy atom. The van der Waals surface area contributed by atoms with E-state index in [1.54, 1.807) is 25.3 Å². The first-order valence-corrected chi connectivity index (χ1v) is 11.8. The quantitative estimate of drug-likeness (QED) is 0.231. The van der Waals surface area contributed by atoms with Crippen molar-refractivity contribution in [1.82, 2.24) is 15.3 Å². The van der Waals surface area contributed by atoms with Crippen LogP contribution in [0.3, 0.4) is 0 Å². The van der Waals surface area contributed by atoms with Gasteiger partial charge in [0.25, 0.3) is 0 Å². The molecule has 3 unspecified atom stereocenters. The standard InChI is InChI=1S/C19H24N8O.C2H6O2S.5H2/c1-24-6-10-2-4-11(5-3-10)18(22)28-19(23)16-17(21)25-7-14(26-16)27-8-12-13(9-27)15(12)20;1-2-5(3)4;;;;;/h2-5,7,12-13,15,22-24H,6,8-9,20H2,1H3,(H2,21,25);2H2,1H3,(H,3,4);5*1H/p-1/t12-,13?,15?;;;;;;/m0....../s1. The predicted molar refractivity (Wildman–Crippen MR) is 138 cm³/mol. The lowest BCUT2D eigenvalue weighted by atomic mass is 10.1. The molecule has 1 aromatic carbocycles. The highest BCUT2D eigenvalue weighted by Gasteiger charge is 2.53. The molecule has 11 nitrogen and oxygen atoms in total. The summed E-state index contributed by atoms with van der Waals surface area (Å²) in [6, 6.07) is 7.68. The van der Waals surface area contributed by atoms with Crippen LogP contribution in [-0.4, -0.2) is 62.5 Å². The Hall–Kier alpha value is -2.93. The first kappa shape index (κ1) is 24.7. The molecule has 1 saturated carbocycles. The maximum absolute atomic E-state index is 9.37. The minimum atomic E-state index is -1.82. The summed E-state index contributed by atoms with van der Waals surface area (Å²) in [5, 5.41) is 19.4. The van der Waals surface area contributed by atoms with Gasteiger partial charge >= 0.3 is 0 Å². The van der Waals surface area contributed by atoms with Gasteiger partial charge in [-0.05, 0) is 36.6 Å². The summed E-state index contributed by atoms with van der Waals surface area (Å²) in [5.74, 6) is 1.57. The van der Waals surface area contributed by atoms with Gasteiger partial charge in [-0.15, -0.1) is 0 Å². The molecule has 4 atom stereocenters. The number of hydrogen-bond donors (Lipinski definition) is 5. The summed E-state index contributed by atoms with van der Waals surface area (Å²) in [6.45, 7) is 4.01. The zero-order valence-corrected chi connectivity index (χ0v) is 19.4. The maximum atomic E-state index is 9.37. The number of nitrogen functional groups attached to an aromatic ring is 1. The molecule has 0 radical (unpaired) electrons. The van der Waals surface area contributed by atoms with Crippen molar-refractivity contribution >= 4 is 34.5 Å². The van der Waals surface area contributed by atoms with E-state index in [1.807, 2.05) is 19.2 Å². The van der Waals surface area contributed by atoms with E-state index < -0.39 is 11.1 Å². The number of benzene rings is 1. The molecule has 188 valence electrons. The number of aromatic nitrogens is 2. The second-order valence-corrected chi connectivity index (χ2v) is 9.04. The van der Waals surface area contributed by atoms with Crippen LogP contribution in [0.25, 0.3) is 0 Å². The van der Waals surface area contributed by atoms with Crippen molar-refractivity contribution in [3.05, 3.63) is 47.3 Å². The van der Waals surface area contributed by atoms with Crippen LogP contribution in [0.15, 0.2) is 30.5 Å². The Morgan fingerprint density at radius 3 is 2.45 bits per heavy atom. The molecule has 2 heterocycles. The average Bonchev–Trinajstić information content (AvgIpc) is 3.19. The molecular weight excluding hydrogens is 444 g/mol. The van der Waals surface area contributed by atoms with Crippen LogP contribution < -0.4 is 21.7 Å². The number of nitrogens with zero attached hydrogens (tertiary/aromatic N) is 3. The van der Waals surface area contributed by atoms with Crippen molar-refractivity contribution in [2.45, 2.75) is 19.5 Å². The molecule has 33 heavy (non-hydrogen) atoms. The number of fused-ring (bicyclic) bond motifs is 1. The molecule has 2 aliphatic rings. The van der Waals surface area contributed by atoms with Crippen LogP contribution in [0, 0.1) is 22.7 Å². The summed E-state index contributed by atoms with van der Waals surface area (Å²) < 4.78 is 24.1. The number of nitrogens with one attached hydrogen (secondary N) is 3. The van der Waals surface area contributed by atoms with E-state index in [9.17, 15) is 8.76 Å². The lowest BCUT2D eigenvalue weighted by Crippen LogP contribution is -2.29. The molecule has 0 amide bonds. The molecule has 1 saturated heterocycles. The van der Waals surface area contributed by atoms with Crippen molar-refractivity contribution in [2.24, 2.45) is 17.6 Å². The van der Waals surface area contributed by atoms with E-state index in [0.717, 1.165) is 25.2 Å². The van der Waals surface area contributed by atoms with Gasteiger partial charge in [-0.2, -0.15) is 0 Å². The SMILES string of the molecule is CCS(=O)[O-].CNCc1ccc(C(=N)OC(=N)c2nc(N3CC4C(N)[C@H]4C3)cnc2N)cc1.[HH].[HH].[HH].[HH].[HH]. The minimum Gasteiger partial charge on any atom is -0.772 e. The molecule has 4 rings (SSSR count). The van der Waals surface area contributed by atoms with Crippen LogP contribution in [0.2, 0.25) is 0 Å². The number of hydrogen-bond acceptors (Lipinski definition) is 11. The van der Waals surface area contributed by atoms with Crippen molar-refractivity contribution in [3.8, 4) is 0 Å². The third kappa shape index (κ3) is 6.11. The number of rotatable bonds is 6. The van der Waals surface area contributed by atoms with Gasteiger partial charge in [-0.3, -0.25) is 15.0 Å². The Labute approximate surface area is 202 Å². The van der Waals surface area contributed by atoms with Gasteiger partial charge in [0.1, 0.15) is 5.82 Å². The second kappa shape index (κ2) is 10.8. The molecule has 0 spiro atoms. The first-order chi connectivity index (χ1) is 15.7. The molecular formula is C21H39N8O3S-. The minimum absolute atomic E-state index is 0. The van der Waals surface area contributed by atoms with E-state index in [0.29, 0.717) is 29.3 Å². The van der Waals surface area contributed by atoms with Crippen LogP contribution in [-0.2, 0) is 22.4 Å². The second-order valence-electron chi connectivity index (χ2n) is 7.85. The number of anilines is 2. The molecule has 1 aliphatic heterocycles. The van der Waals surface area contributed by atoms with Crippen LogP contribution in [0.1, 0.15) is 30.9 Å². The first-order valence-electron chi connectivity index (χ1n) is 10.5. The number of nitrogens with two attached hydrogens (primary N) is 2. The largest absolute Gasteiger partial charge is 0.772 e. The van der Waals surface area contributed by atoms with Crippen molar-refractivity contribution in [3.63, 3.8) is 0 Å². The highest BCUT2D eigenvalue weighted by atomic mass is 32.2. The predicted octanol–water partition coefficient (Wildman–Crippen LogP) is 1.65. The van der Waals surface area contributed by atoms with Crippen molar-refractivity contribution in [1.29, 1.82) is 10.8 Å². The van der Waals surface area contributed by atoms with Gasteiger partial charge in [0.05, 0.1) is 6.20 Å². The van der Waals surface area contributed by atoms with E-state index in [4.69, 9.17) is 27.0 Å². The zero-order valence-electron chi connectivity index (χ0n) is 18.6. The van der Waals surface area contributed by atoms with Crippen LogP contribution >= 0.6 is 0 Å². The van der Waals surface area contributed by atoms with Gasteiger partial charge < -0.3 is 31.0 Å². The highest BCUT2D eigenvalue weighted by molar-refractivity contribution is 7.79. The van der Waals surface area contributed by atoms with Gasteiger partial charge in [0.15, 0.2) is 11.5 Å². The molecule has 0 bridgehead atoms. The molecule has 12 heteroatoms. The molecule has 2 aromatic rings. The Morgan fingerprint density at radius 2 is 1.91 bits per heavy atom. The summed E-state index contributed by atoms with van der Waals surface area (Å²) in [6.07, 6.45) is 1.61. The normalized spacial score (nSPS) is 21.5. The zero-order chi connectivity index (χ0) is 24.1. The monoisotopic (exact) mass is 483 g/mol. The fraction of sp³-hybridized carbons (Fsp3) is 0.429. The van der Waals surface area contributed by atoms with Gasteiger partial charge in [0, 0.05) is 44.1 Å². The van der Waals surface area contributed by atoms with E-state index >= 15 is 0 Å². The Kier molecular flexibility index (Phi) is 8.08. The van der Waals surface area contributed by atoms with E-state index in [1.165, 1.54) is 0 Å².